The van der Waals surface area contributed by atoms with Crippen LogP contribution < -0.4 is 16.0 Å². The molecule has 1 aliphatic rings. The van der Waals surface area contributed by atoms with Crippen LogP contribution in [0.15, 0.2) is 22.7 Å². The highest BCUT2D eigenvalue weighted by Crippen LogP contribution is 2.30. The molecule has 0 spiro atoms. The van der Waals surface area contributed by atoms with Crippen molar-refractivity contribution < 1.29 is 4.79 Å². The molecule has 1 atom stereocenters. The van der Waals surface area contributed by atoms with Crippen LogP contribution in [0.3, 0.4) is 0 Å². The Kier molecular flexibility index (Phi) is 4.82. The molecular formula is C14H20BrN3O. The van der Waals surface area contributed by atoms with Gasteiger partial charge in [-0.1, -0.05) is 6.07 Å². The molecule has 5 heteroatoms. The second-order valence-corrected chi connectivity index (χ2v) is 5.74. The maximum Gasteiger partial charge on any atom is 0.224 e. The maximum atomic E-state index is 11.8. The predicted molar refractivity (Wildman–Crippen MR) is 81.0 cm³/mol. The van der Waals surface area contributed by atoms with Gasteiger partial charge in [0.15, 0.2) is 0 Å². The summed E-state index contributed by atoms with van der Waals surface area (Å²) in [5.41, 5.74) is 7.89. The van der Waals surface area contributed by atoms with Gasteiger partial charge in [-0.15, -0.1) is 0 Å². The number of nitrogens with two attached hydrogens (primary N) is 1. The summed E-state index contributed by atoms with van der Waals surface area (Å²) >= 11 is 3.60. The molecule has 2 rings (SSSR count). The number of nitrogens with zero attached hydrogens (tertiary/aromatic N) is 1. The lowest BCUT2D eigenvalue weighted by molar-refractivity contribution is -0.124. The summed E-state index contributed by atoms with van der Waals surface area (Å²) in [6.45, 7) is 2.31. The molecule has 1 heterocycles. The Hall–Kier alpha value is -1.07. The first-order chi connectivity index (χ1) is 9.15. The number of anilines is 1. The molecule has 1 fully saturated rings. The van der Waals surface area contributed by atoms with Crippen molar-refractivity contribution in [3.05, 3.63) is 28.2 Å². The minimum Gasteiger partial charge on any atom is -0.370 e. The average molecular weight is 326 g/mol. The van der Waals surface area contributed by atoms with Crippen LogP contribution in [0.1, 0.15) is 18.4 Å². The zero-order chi connectivity index (χ0) is 13.8. The molecule has 1 amide bonds. The van der Waals surface area contributed by atoms with Crippen molar-refractivity contribution in [2.45, 2.75) is 19.4 Å². The van der Waals surface area contributed by atoms with Gasteiger partial charge in [0.05, 0.1) is 11.6 Å². The van der Waals surface area contributed by atoms with Gasteiger partial charge >= 0.3 is 0 Å². The van der Waals surface area contributed by atoms with Gasteiger partial charge in [-0.05, 0) is 46.5 Å². The van der Waals surface area contributed by atoms with E-state index in [0.29, 0.717) is 6.54 Å². The van der Waals surface area contributed by atoms with Gasteiger partial charge in [0.25, 0.3) is 0 Å². The van der Waals surface area contributed by atoms with Crippen LogP contribution in [0.2, 0.25) is 0 Å². The van der Waals surface area contributed by atoms with Gasteiger partial charge in [0, 0.05) is 31.2 Å². The first-order valence-corrected chi connectivity index (χ1v) is 7.40. The quantitative estimate of drug-likeness (QED) is 0.892. The number of amides is 1. The Bertz CT molecular complexity index is 464. The second-order valence-electron chi connectivity index (χ2n) is 4.89. The zero-order valence-corrected chi connectivity index (χ0v) is 12.7. The number of hydrogen-bond donors (Lipinski definition) is 2. The van der Waals surface area contributed by atoms with Crippen molar-refractivity contribution in [3.63, 3.8) is 0 Å². The van der Waals surface area contributed by atoms with Crippen LogP contribution >= 0.6 is 15.9 Å². The van der Waals surface area contributed by atoms with Crippen LogP contribution in [0.25, 0.3) is 0 Å². The van der Waals surface area contributed by atoms with E-state index in [4.69, 9.17) is 5.73 Å². The monoisotopic (exact) mass is 325 g/mol. The fourth-order valence-electron chi connectivity index (χ4n) is 2.55. The average Bonchev–Trinajstić information content (AvgIpc) is 2.46. The highest BCUT2D eigenvalue weighted by molar-refractivity contribution is 9.10. The van der Waals surface area contributed by atoms with E-state index >= 15 is 0 Å². The highest BCUT2D eigenvalue weighted by Gasteiger charge is 2.25. The molecule has 4 nitrogen and oxygen atoms in total. The Labute approximate surface area is 122 Å². The van der Waals surface area contributed by atoms with E-state index in [9.17, 15) is 4.79 Å². The Morgan fingerprint density at radius 1 is 1.58 bits per heavy atom. The maximum absolute atomic E-state index is 11.8. The molecule has 0 bridgehead atoms. The van der Waals surface area contributed by atoms with E-state index < -0.39 is 0 Å². The van der Waals surface area contributed by atoms with Gasteiger partial charge < -0.3 is 16.0 Å². The van der Waals surface area contributed by atoms with Crippen molar-refractivity contribution in [1.29, 1.82) is 0 Å². The molecule has 1 unspecified atom stereocenters. The lowest BCUT2D eigenvalue weighted by atomic mass is 9.96. The molecule has 0 aliphatic carbocycles. The molecule has 1 aromatic rings. The Balaban J connectivity index is 2.15. The molecule has 104 valence electrons. The molecule has 1 aliphatic heterocycles. The van der Waals surface area contributed by atoms with Crippen LogP contribution in [-0.4, -0.2) is 26.0 Å². The third kappa shape index (κ3) is 3.28. The number of nitrogens with one attached hydrogen (secondary N) is 1. The SMILES string of the molecule is CNC(=O)C1CCCN(c2ccc(CN)cc2Br)C1. The number of rotatable bonds is 3. The van der Waals surface area contributed by atoms with E-state index in [1.54, 1.807) is 7.05 Å². The molecule has 0 radical (unpaired) electrons. The van der Waals surface area contributed by atoms with E-state index in [1.807, 2.05) is 6.07 Å². The normalized spacial score (nSPS) is 19.3. The van der Waals surface area contributed by atoms with Crippen LogP contribution in [-0.2, 0) is 11.3 Å². The van der Waals surface area contributed by atoms with Gasteiger partial charge in [-0.3, -0.25) is 4.79 Å². The van der Waals surface area contributed by atoms with Crippen LogP contribution in [0, 0.1) is 5.92 Å². The summed E-state index contributed by atoms with van der Waals surface area (Å²) < 4.78 is 1.05. The number of benzene rings is 1. The largest absolute Gasteiger partial charge is 0.370 e. The molecular weight excluding hydrogens is 306 g/mol. The summed E-state index contributed by atoms with van der Waals surface area (Å²) in [6, 6.07) is 6.18. The fourth-order valence-corrected chi connectivity index (χ4v) is 3.22. The van der Waals surface area contributed by atoms with Gasteiger partial charge in [0.2, 0.25) is 5.91 Å². The van der Waals surface area contributed by atoms with Gasteiger partial charge in [-0.2, -0.15) is 0 Å². The minimum atomic E-state index is 0.0832. The van der Waals surface area contributed by atoms with Crippen molar-refractivity contribution in [2.75, 3.05) is 25.0 Å². The molecule has 19 heavy (non-hydrogen) atoms. The van der Waals surface area contributed by atoms with E-state index in [2.05, 4.69) is 38.3 Å². The van der Waals surface area contributed by atoms with E-state index in [-0.39, 0.29) is 11.8 Å². The van der Waals surface area contributed by atoms with E-state index in [0.717, 1.165) is 41.7 Å². The van der Waals surface area contributed by atoms with Crippen molar-refractivity contribution in [2.24, 2.45) is 11.7 Å². The Morgan fingerprint density at radius 3 is 3.00 bits per heavy atom. The Morgan fingerprint density at radius 2 is 2.37 bits per heavy atom. The standard InChI is InChI=1S/C14H20BrN3O/c1-17-14(19)11-3-2-6-18(9-11)13-5-4-10(8-16)7-12(13)15/h4-5,7,11H,2-3,6,8-9,16H2,1H3,(H,17,19). The molecule has 0 aromatic heterocycles. The molecule has 1 saturated heterocycles. The van der Waals surface area contributed by atoms with Crippen molar-refractivity contribution in [3.8, 4) is 0 Å². The first-order valence-electron chi connectivity index (χ1n) is 6.60. The third-order valence-corrected chi connectivity index (χ3v) is 4.26. The summed E-state index contributed by atoms with van der Waals surface area (Å²) in [5, 5.41) is 2.75. The summed E-state index contributed by atoms with van der Waals surface area (Å²) in [6.07, 6.45) is 2.01. The topological polar surface area (TPSA) is 58.4 Å². The number of piperidine rings is 1. The number of hydrogen-bond acceptors (Lipinski definition) is 3. The lowest BCUT2D eigenvalue weighted by Gasteiger charge is -2.34. The predicted octanol–water partition coefficient (Wildman–Crippen LogP) is 1.87. The van der Waals surface area contributed by atoms with E-state index in [1.165, 1.54) is 0 Å². The van der Waals surface area contributed by atoms with Gasteiger partial charge in [0.1, 0.15) is 0 Å². The molecule has 1 aromatic carbocycles. The number of carbonyl (C=O) groups excluding carboxylic acids is 1. The van der Waals surface area contributed by atoms with Crippen molar-refractivity contribution in [1.82, 2.24) is 5.32 Å². The van der Waals surface area contributed by atoms with Crippen LogP contribution in [0.4, 0.5) is 5.69 Å². The fraction of sp³-hybridized carbons (Fsp3) is 0.500. The third-order valence-electron chi connectivity index (χ3n) is 3.63. The van der Waals surface area contributed by atoms with Gasteiger partial charge in [-0.25, -0.2) is 0 Å². The minimum absolute atomic E-state index is 0.0832. The highest BCUT2D eigenvalue weighted by atomic mass is 79.9. The summed E-state index contributed by atoms with van der Waals surface area (Å²) in [5.74, 6) is 0.222. The van der Waals surface area contributed by atoms with Crippen molar-refractivity contribution >= 4 is 27.5 Å². The molecule has 0 saturated carbocycles. The number of halogens is 1. The summed E-state index contributed by atoms with van der Waals surface area (Å²) in [7, 11) is 1.70. The lowest BCUT2D eigenvalue weighted by Crippen LogP contribution is -2.42. The summed E-state index contributed by atoms with van der Waals surface area (Å²) in [4.78, 5) is 14.0. The van der Waals surface area contributed by atoms with Crippen LogP contribution in [0.5, 0.6) is 0 Å². The first kappa shape index (κ1) is 14.3. The zero-order valence-electron chi connectivity index (χ0n) is 11.2. The molecule has 3 N–H and O–H groups in total. The second kappa shape index (κ2) is 6.39. The smallest absolute Gasteiger partial charge is 0.224 e. The number of carbonyl (C=O) groups is 1.